The van der Waals surface area contributed by atoms with Crippen molar-refractivity contribution in [1.29, 1.82) is 0 Å². The number of aromatic nitrogens is 3. The van der Waals surface area contributed by atoms with Crippen molar-refractivity contribution in [3.63, 3.8) is 0 Å². The highest BCUT2D eigenvalue weighted by Gasteiger charge is 2.29. The molecule has 9 heteroatoms. The van der Waals surface area contributed by atoms with E-state index in [0.717, 1.165) is 4.52 Å². The first-order chi connectivity index (χ1) is 11.5. The highest BCUT2D eigenvalue weighted by Crippen LogP contribution is 2.33. The summed E-state index contributed by atoms with van der Waals surface area (Å²) in [6.45, 7) is 0.147. The highest BCUT2D eigenvalue weighted by atomic mass is 32.2. The van der Waals surface area contributed by atoms with Crippen LogP contribution >= 0.6 is 11.8 Å². The van der Waals surface area contributed by atoms with Crippen LogP contribution in [0.1, 0.15) is 5.69 Å². The molecule has 0 aliphatic carbocycles. The van der Waals surface area contributed by atoms with Gasteiger partial charge in [0.2, 0.25) is 15.7 Å². The third kappa shape index (κ3) is 2.74. The summed E-state index contributed by atoms with van der Waals surface area (Å²) in [6, 6.07) is 9.47. The first kappa shape index (κ1) is 16.7. The Balaban J connectivity index is 2.34. The lowest BCUT2D eigenvalue weighted by atomic mass is 10.4. The van der Waals surface area contributed by atoms with Crippen molar-refractivity contribution in [3.05, 3.63) is 42.1 Å². The summed E-state index contributed by atoms with van der Waals surface area (Å²) in [5.74, 6) is -0.197. The lowest BCUT2D eigenvalue weighted by Gasteiger charge is -2.06. The largest absolute Gasteiger partial charge is 0.493 e. The molecule has 24 heavy (non-hydrogen) atoms. The summed E-state index contributed by atoms with van der Waals surface area (Å²) in [5.41, 5.74) is 0.495. The molecule has 0 bridgehead atoms. The number of hydrogen-bond acceptors (Lipinski definition) is 7. The summed E-state index contributed by atoms with van der Waals surface area (Å²) < 4.78 is 32.2. The topological polar surface area (TPSA) is 93.8 Å². The van der Waals surface area contributed by atoms with Gasteiger partial charge >= 0.3 is 0 Å². The van der Waals surface area contributed by atoms with Crippen molar-refractivity contribution in [2.75, 3.05) is 13.4 Å². The van der Waals surface area contributed by atoms with E-state index in [2.05, 4.69) is 10.1 Å². The third-order valence-electron chi connectivity index (χ3n) is 3.36. The normalized spacial score (nSPS) is 11.9. The summed E-state index contributed by atoms with van der Waals surface area (Å²) in [4.78, 5) is 4.44. The molecule has 0 atom stereocenters. The summed E-state index contributed by atoms with van der Waals surface area (Å²) >= 11 is 1.18. The Kier molecular flexibility index (Phi) is 4.48. The number of aromatic hydroxyl groups is 1. The molecule has 2 heterocycles. The van der Waals surface area contributed by atoms with Crippen molar-refractivity contribution in [3.8, 4) is 5.88 Å². The summed E-state index contributed by atoms with van der Waals surface area (Å²) in [6.07, 6.45) is 1.72. The molecule has 0 aliphatic heterocycles. The van der Waals surface area contributed by atoms with E-state index < -0.39 is 9.84 Å². The highest BCUT2D eigenvalue weighted by molar-refractivity contribution is 7.99. The van der Waals surface area contributed by atoms with Gasteiger partial charge in [0.1, 0.15) is 5.03 Å². The number of rotatable bonds is 5. The van der Waals surface area contributed by atoms with Crippen LogP contribution in [-0.4, -0.2) is 41.5 Å². The average molecular weight is 365 g/mol. The Labute approximate surface area is 143 Å². The Morgan fingerprint density at radius 1 is 1.29 bits per heavy atom. The van der Waals surface area contributed by atoms with E-state index in [9.17, 15) is 13.5 Å². The zero-order chi connectivity index (χ0) is 17.3. The number of benzene rings is 1. The lowest BCUT2D eigenvalue weighted by Crippen LogP contribution is -2.05. The van der Waals surface area contributed by atoms with E-state index in [1.54, 1.807) is 24.5 Å². The minimum atomic E-state index is -3.83. The summed E-state index contributed by atoms with van der Waals surface area (Å²) in [5, 5.41) is 14.6. The van der Waals surface area contributed by atoms with Crippen molar-refractivity contribution < 1.29 is 18.3 Å². The van der Waals surface area contributed by atoms with Crippen LogP contribution in [-0.2, 0) is 21.2 Å². The molecule has 0 unspecified atom stereocenters. The van der Waals surface area contributed by atoms with Gasteiger partial charge in [0.05, 0.1) is 17.2 Å². The molecular weight excluding hydrogens is 350 g/mol. The van der Waals surface area contributed by atoms with Crippen LogP contribution in [0, 0.1) is 0 Å². The molecule has 126 valence electrons. The van der Waals surface area contributed by atoms with E-state index in [4.69, 9.17) is 4.74 Å². The van der Waals surface area contributed by atoms with Crippen LogP contribution in [0.15, 0.2) is 51.2 Å². The number of hydrogen-bond donors (Lipinski definition) is 1. The van der Waals surface area contributed by atoms with Gasteiger partial charge in [-0.15, -0.1) is 11.8 Å². The molecule has 0 saturated carbocycles. The predicted molar refractivity (Wildman–Crippen MR) is 89.0 cm³/mol. The zero-order valence-corrected chi connectivity index (χ0v) is 14.6. The number of thioether (sulfide) groups is 1. The van der Waals surface area contributed by atoms with Crippen LogP contribution in [0.3, 0.4) is 0 Å². The standard InChI is InChI=1S/C15H15N3O4S2/c1-22-9-10-8-12(19)18-14(16-10)13(15(17-18)23-2)24(20,21)11-6-4-3-5-7-11/h3-8,19H,9H2,1-2H3. The molecule has 0 radical (unpaired) electrons. The molecule has 2 aromatic heterocycles. The fourth-order valence-electron chi connectivity index (χ4n) is 2.32. The Morgan fingerprint density at radius 3 is 2.62 bits per heavy atom. The van der Waals surface area contributed by atoms with Gasteiger partial charge in [-0.2, -0.15) is 9.61 Å². The van der Waals surface area contributed by atoms with Gasteiger partial charge in [-0.25, -0.2) is 13.4 Å². The Bertz CT molecular complexity index is 985. The molecule has 0 spiro atoms. The maximum Gasteiger partial charge on any atom is 0.215 e. The van der Waals surface area contributed by atoms with Crippen molar-refractivity contribution >= 4 is 27.2 Å². The third-order valence-corrected chi connectivity index (χ3v) is 5.97. The number of nitrogens with zero attached hydrogens (tertiary/aromatic N) is 3. The molecule has 1 N–H and O–H groups in total. The first-order valence-electron chi connectivity index (χ1n) is 6.93. The van der Waals surface area contributed by atoms with Crippen LogP contribution in [0.2, 0.25) is 0 Å². The van der Waals surface area contributed by atoms with E-state index >= 15 is 0 Å². The zero-order valence-electron chi connectivity index (χ0n) is 13.0. The molecule has 1 aromatic carbocycles. The van der Waals surface area contributed by atoms with Crippen molar-refractivity contribution in [2.45, 2.75) is 21.4 Å². The molecule has 0 aliphatic rings. The molecule has 0 fully saturated rings. The molecule has 3 aromatic rings. The second-order valence-electron chi connectivity index (χ2n) is 4.93. The van der Waals surface area contributed by atoms with Gasteiger partial charge in [0.25, 0.3) is 0 Å². The minimum Gasteiger partial charge on any atom is -0.493 e. The number of ether oxygens (including phenoxy) is 1. The molecule has 7 nitrogen and oxygen atoms in total. The van der Waals surface area contributed by atoms with E-state index in [0.29, 0.717) is 5.69 Å². The van der Waals surface area contributed by atoms with Crippen LogP contribution in [0.4, 0.5) is 0 Å². The lowest BCUT2D eigenvalue weighted by molar-refractivity contribution is 0.181. The molecule has 3 rings (SSSR count). The van der Waals surface area contributed by atoms with Crippen molar-refractivity contribution in [2.24, 2.45) is 0 Å². The van der Waals surface area contributed by atoms with Crippen LogP contribution in [0.25, 0.3) is 5.65 Å². The number of methoxy groups -OCH3 is 1. The minimum absolute atomic E-state index is 0.0190. The van der Waals surface area contributed by atoms with Gasteiger partial charge in [-0.1, -0.05) is 18.2 Å². The van der Waals surface area contributed by atoms with Gasteiger partial charge in [0, 0.05) is 13.2 Å². The second kappa shape index (κ2) is 6.42. The smallest absolute Gasteiger partial charge is 0.215 e. The van der Waals surface area contributed by atoms with Crippen molar-refractivity contribution in [1.82, 2.24) is 14.6 Å². The maximum absolute atomic E-state index is 13.0. The van der Waals surface area contributed by atoms with Gasteiger partial charge in [-0.05, 0) is 18.4 Å². The van der Waals surface area contributed by atoms with E-state index in [1.165, 1.54) is 37.1 Å². The Hall–Kier alpha value is -2.10. The summed E-state index contributed by atoms with van der Waals surface area (Å²) in [7, 11) is -2.34. The average Bonchev–Trinajstić information content (AvgIpc) is 2.96. The van der Waals surface area contributed by atoms with Gasteiger partial charge in [-0.3, -0.25) is 0 Å². The maximum atomic E-state index is 13.0. The van der Waals surface area contributed by atoms with Crippen LogP contribution in [0.5, 0.6) is 5.88 Å². The number of fused-ring (bicyclic) bond motifs is 1. The van der Waals surface area contributed by atoms with Gasteiger partial charge < -0.3 is 9.84 Å². The molecule has 0 amide bonds. The fraction of sp³-hybridized carbons (Fsp3) is 0.200. The Morgan fingerprint density at radius 2 is 2.00 bits per heavy atom. The predicted octanol–water partition coefficient (Wildman–Crippen LogP) is 2.14. The van der Waals surface area contributed by atoms with E-state index in [-0.39, 0.29) is 33.0 Å². The molecule has 0 saturated heterocycles. The quantitative estimate of drug-likeness (QED) is 0.692. The monoisotopic (exact) mass is 365 g/mol. The fourth-order valence-corrected chi connectivity index (χ4v) is 4.73. The molecular formula is C15H15N3O4S2. The SMILES string of the molecule is COCc1cc(O)n2nc(SC)c(S(=O)(=O)c3ccccc3)c2n1. The first-order valence-corrected chi connectivity index (χ1v) is 9.64. The van der Waals surface area contributed by atoms with Crippen LogP contribution < -0.4 is 0 Å². The second-order valence-corrected chi connectivity index (χ2v) is 7.61. The number of sulfone groups is 1. The van der Waals surface area contributed by atoms with E-state index in [1.807, 2.05) is 0 Å². The van der Waals surface area contributed by atoms with Gasteiger partial charge in [0.15, 0.2) is 10.5 Å².